The number of ether oxygens (including phenoxy) is 2. The topological polar surface area (TPSA) is 75.2 Å². The molecule has 0 aromatic heterocycles. The first-order valence-corrected chi connectivity index (χ1v) is 10.2. The molecular formula is C20H41IN4O3. The zero-order valence-electron chi connectivity index (χ0n) is 18.6. The predicted octanol–water partition coefficient (Wildman–Crippen LogP) is 3.62. The second-order valence-electron chi connectivity index (χ2n) is 8.36. The summed E-state index contributed by atoms with van der Waals surface area (Å²) in [5.74, 6) is 0.777. The molecule has 2 N–H and O–H groups in total. The minimum atomic E-state index is -0.479. The highest BCUT2D eigenvalue weighted by molar-refractivity contribution is 14.0. The van der Waals surface area contributed by atoms with Crippen LogP contribution in [0.3, 0.4) is 0 Å². The molecule has 0 aromatic carbocycles. The number of methoxy groups -OCH3 is 1. The normalized spacial score (nSPS) is 16.3. The molecule has 0 spiro atoms. The lowest BCUT2D eigenvalue weighted by molar-refractivity contribution is 0.0264. The number of guanidine groups is 1. The van der Waals surface area contributed by atoms with Gasteiger partial charge in [0.1, 0.15) is 5.60 Å². The zero-order valence-corrected chi connectivity index (χ0v) is 20.9. The Morgan fingerprint density at radius 3 is 2.36 bits per heavy atom. The first kappa shape index (κ1) is 27.2. The van der Waals surface area contributed by atoms with E-state index in [0.717, 1.165) is 25.5 Å². The number of halogens is 1. The van der Waals surface area contributed by atoms with E-state index >= 15 is 0 Å². The van der Waals surface area contributed by atoms with Crippen molar-refractivity contribution in [2.45, 2.75) is 65.4 Å². The summed E-state index contributed by atoms with van der Waals surface area (Å²) in [6.07, 6.45) is 5.86. The molecule has 0 aromatic rings. The zero-order chi connectivity index (χ0) is 20.3. The van der Waals surface area contributed by atoms with Crippen molar-refractivity contribution >= 4 is 36.0 Å². The predicted molar refractivity (Wildman–Crippen MR) is 126 cm³/mol. The number of hydrogen-bond acceptors (Lipinski definition) is 4. The molecule has 0 saturated heterocycles. The molecule has 0 unspecified atom stereocenters. The second kappa shape index (κ2) is 13.5. The lowest BCUT2D eigenvalue weighted by Crippen LogP contribution is -2.46. The summed E-state index contributed by atoms with van der Waals surface area (Å²) in [6.45, 7) is 11.1. The van der Waals surface area contributed by atoms with E-state index in [4.69, 9.17) is 9.47 Å². The van der Waals surface area contributed by atoms with Crippen LogP contribution in [0.25, 0.3) is 0 Å². The third kappa shape index (κ3) is 10.1. The van der Waals surface area contributed by atoms with Crippen molar-refractivity contribution < 1.29 is 14.3 Å². The molecule has 166 valence electrons. The Balaban J connectivity index is 0.00000729. The van der Waals surface area contributed by atoms with Crippen LogP contribution in [0.5, 0.6) is 0 Å². The first-order valence-electron chi connectivity index (χ1n) is 10.2. The Kier molecular flexibility index (Phi) is 13.1. The number of aliphatic imine (C=N–C) groups is 1. The molecule has 7 nitrogen and oxygen atoms in total. The van der Waals surface area contributed by atoms with Gasteiger partial charge in [-0.2, -0.15) is 0 Å². The summed E-state index contributed by atoms with van der Waals surface area (Å²) in [5, 5.41) is 6.78. The fourth-order valence-electron chi connectivity index (χ4n) is 3.46. The van der Waals surface area contributed by atoms with Gasteiger partial charge in [-0.3, -0.25) is 4.99 Å². The molecular weight excluding hydrogens is 471 g/mol. The van der Waals surface area contributed by atoms with Crippen LogP contribution in [0.15, 0.2) is 4.99 Å². The van der Waals surface area contributed by atoms with Gasteiger partial charge in [0.15, 0.2) is 5.96 Å². The smallest absolute Gasteiger partial charge is 0.410 e. The number of rotatable bonds is 9. The first-order chi connectivity index (χ1) is 12.7. The fraction of sp³-hybridized carbons (Fsp3) is 0.900. The van der Waals surface area contributed by atoms with E-state index in [1.54, 1.807) is 19.1 Å². The lowest BCUT2D eigenvalue weighted by atomic mass is 9.83. The minimum absolute atomic E-state index is 0. The van der Waals surface area contributed by atoms with Crippen molar-refractivity contribution in [2.75, 3.05) is 46.9 Å². The third-order valence-corrected chi connectivity index (χ3v) is 5.06. The third-order valence-electron chi connectivity index (χ3n) is 5.06. The summed E-state index contributed by atoms with van der Waals surface area (Å²) in [4.78, 5) is 18.2. The summed E-state index contributed by atoms with van der Waals surface area (Å²) in [7, 11) is 3.54. The van der Waals surface area contributed by atoms with Crippen molar-refractivity contribution in [2.24, 2.45) is 10.4 Å². The number of nitrogens with one attached hydrogen (secondary N) is 2. The van der Waals surface area contributed by atoms with Crippen LogP contribution in [0.2, 0.25) is 0 Å². The van der Waals surface area contributed by atoms with Gasteiger partial charge in [-0.25, -0.2) is 4.79 Å². The summed E-state index contributed by atoms with van der Waals surface area (Å²) >= 11 is 0. The van der Waals surface area contributed by atoms with Crippen LogP contribution in [0.4, 0.5) is 4.79 Å². The second-order valence-corrected chi connectivity index (χ2v) is 8.36. The Bertz CT molecular complexity index is 475. The van der Waals surface area contributed by atoms with Gasteiger partial charge in [-0.15, -0.1) is 24.0 Å². The SMILES string of the molecule is CCN(CCNC(=NC)NCC1(CCOC)CCCC1)C(=O)OC(C)(C)C.I. The van der Waals surface area contributed by atoms with Gasteiger partial charge in [0.25, 0.3) is 0 Å². The number of hydrogen-bond donors (Lipinski definition) is 2. The van der Waals surface area contributed by atoms with E-state index < -0.39 is 5.60 Å². The van der Waals surface area contributed by atoms with E-state index in [1.165, 1.54) is 25.7 Å². The number of nitrogens with zero attached hydrogens (tertiary/aromatic N) is 2. The average molecular weight is 512 g/mol. The van der Waals surface area contributed by atoms with E-state index in [1.807, 2.05) is 27.7 Å². The highest BCUT2D eigenvalue weighted by Crippen LogP contribution is 2.40. The fourth-order valence-corrected chi connectivity index (χ4v) is 3.46. The number of amides is 1. The van der Waals surface area contributed by atoms with Crippen LogP contribution in [0, 0.1) is 5.41 Å². The van der Waals surface area contributed by atoms with Crippen LogP contribution in [-0.4, -0.2) is 69.5 Å². The van der Waals surface area contributed by atoms with Gasteiger partial charge < -0.3 is 25.0 Å². The Morgan fingerprint density at radius 2 is 1.86 bits per heavy atom. The molecule has 1 aliphatic carbocycles. The standard InChI is InChI=1S/C20H40N4O3.HI/c1-7-24(18(25)27-19(2,3)4)14-13-22-17(21-5)23-16-20(12-15-26-6)10-8-9-11-20;/h7-16H2,1-6H3,(H2,21,22,23);1H. The number of likely N-dealkylation sites (N-methyl/N-ethyl adjacent to an activating group) is 1. The van der Waals surface area contributed by atoms with E-state index in [9.17, 15) is 4.79 Å². The average Bonchev–Trinajstić information content (AvgIpc) is 3.07. The van der Waals surface area contributed by atoms with Crippen molar-refractivity contribution in [3.63, 3.8) is 0 Å². The Hall–Kier alpha value is -0.770. The number of carbonyl (C=O) groups excluding carboxylic acids is 1. The van der Waals surface area contributed by atoms with Gasteiger partial charge in [0, 0.05) is 46.9 Å². The molecule has 28 heavy (non-hydrogen) atoms. The summed E-state index contributed by atoms with van der Waals surface area (Å²) < 4.78 is 10.7. The molecule has 1 rings (SSSR count). The molecule has 1 amide bonds. The molecule has 0 bridgehead atoms. The maximum absolute atomic E-state index is 12.2. The lowest BCUT2D eigenvalue weighted by Gasteiger charge is -2.30. The molecule has 0 radical (unpaired) electrons. The maximum Gasteiger partial charge on any atom is 0.410 e. The maximum atomic E-state index is 12.2. The summed E-state index contributed by atoms with van der Waals surface area (Å²) in [5.41, 5.74) is -0.174. The van der Waals surface area contributed by atoms with Crippen LogP contribution < -0.4 is 10.6 Å². The molecule has 1 saturated carbocycles. The minimum Gasteiger partial charge on any atom is -0.444 e. The van der Waals surface area contributed by atoms with Gasteiger partial charge >= 0.3 is 6.09 Å². The molecule has 0 aliphatic heterocycles. The van der Waals surface area contributed by atoms with Crippen LogP contribution >= 0.6 is 24.0 Å². The quantitative estimate of drug-likeness (QED) is 0.281. The van der Waals surface area contributed by atoms with E-state index in [-0.39, 0.29) is 30.1 Å². The van der Waals surface area contributed by atoms with Gasteiger partial charge in [0.05, 0.1) is 0 Å². The van der Waals surface area contributed by atoms with Gasteiger partial charge in [-0.05, 0) is 52.4 Å². The van der Waals surface area contributed by atoms with Crippen molar-refractivity contribution in [3.05, 3.63) is 0 Å². The largest absolute Gasteiger partial charge is 0.444 e. The van der Waals surface area contributed by atoms with Crippen molar-refractivity contribution in [1.29, 1.82) is 0 Å². The van der Waals surface area contributed by atoms with Crippen LogP contribution in [-0.2, 0) is 9.47 Å². The number of carbonyl (C=O) groups is 1. The highest BCUT2D eigenvalue weighted by atomic mass is 127. The Morgan fingerprint density at radius 1 is 1.21 bits per heavy atom. The molecule has 8 heteroatoms. The molecule has 0 atom stereocenters. The highest BCUT2D eigenvalue weighted by Gasteiger charge is 2.33. The van der Waals surface area contributed by atoms with E-state index in [2.05, 4.69) is 15.6 Å². The molecule has 1 fully saturated rings. The van der Waals surface area contributed by atoms with Crippen LogP contribution in [0.1, 0.15) is 59.8 Å². The Labute approximate surface area is 188 Å². The van der Waals surface area contributed by atoms with E-state index in [0.29, 0.717) is 25.0 Å². The van der Waals surface area contributed by atoms with Gasteiger partial charge in [0.2, 0.25) is 0 Å². The molecule has 0 heterocycles. The summed E-state index contributed by atoms with van der Waals surface area (Å²) in [6, 6.07) is 0. The van der Waals surface area contributed by atoms with Gasteiger partial charge in [-0.1, -0.05) is 12.8 Å². The van der Waals surface area contributed by atoms with Crippen molar-refractivity contribution in [1.82, 2.24) is 15.5 Å². The van der Waals surface area contributed by atoms with Crippen molar-refractivity contribution in [3.8, 4) is 0 Å². The monoisotopic (exact) mass is 512 g/mol. The molecule has 1 aliphatic rings.